The molecule has 0 fully saturated rings. The molecule has 0 aromatic carbocycles. The summed E-state index contributed by atoms with van der Waals surface area (Å²) in [6, 6.07) is 0. The number of ether oxygens (including phenoxy) is 1. The minimum atomic E-state index is -0.568. The largest absolute Gasteiger partial charge is 0.459 e. The molecule has 2 rings (SSSR count). The summed E-state index contributed by atoms with van der Waals surface area (Å²) in [5.41, 5.74) is 3.09. The number of thiophene rings is 1. The van der Waals surface area contributed by atoms with Gasteiger partial charge in [-0.15, -0.1) is 11.3 Å². The highest BCUT2D eigenvalue weighted by Gasteiger charge is 2.32. The topological polar surface area (TPSA) is 58.6 Å². The fraction of sp³-hybridized carbons (Fsp3) is 0.500. The van der Waals surface area contributed by atoms with Crippen LogP contribution in [0, 0.1) is 0 Å². The molecule has 0 unspecified atom stereocenters. The predicted molar refractivity (Wildman–Crippen MR) is 79.9 cm³/mol. The molecule has 0 amide bonds. The van der Waals surface area contributed by atoms with Crippen molar-refractivity contribution >= 4 is 52.0 Å². The molecule has 8 heteroatoms. The highest BCUT2D eigenvalue weighted by atomic mass is 35.5. The Kier molecular flexibility index (Phi) is 4.30. The van der Waals surface area contributed by atoms with E-state index in [-0.39, 0.29) is 18.9 Å². The maximum absolute atomic E-state index is 11.9. The first-order valence-electron chi connectivity index (χ1n) is 5.93. The van der Waals surface area contributed by atoms with Gasteiger partial charge in [-0.2, -0.15) is 0 Å². The van der Waals surface area contributed by atoms with Gasteiger partial charge in [0.25, 0.3) is 0 Å². The van der Waals surface area contributed by atoms with Gasteiger partial charge in [0.2, 0.25) is 0 Å². The lowest BCUT2D eigenvalue weighted by Crippen LogP contribution is -2.49. The first kappa shape index (κ1) is 15.6. The Labute approximate surface area is 130 Å². The van der Waals surface area contributed by atoms with Crippen LogP contribution in [0.25, 0.3) is 0 Å². The molecule has 20 heavy (non-hydrogen) atoms. The molecule has 2 heterocycles. The number of rotatable bonds is 2. The van der Waals surface area contributed by atoms with Crippen molar-refractivity contribution in [3.63, 3.8) is 0 Å². The second kappa shape index (κ2) is 5.52. The van der Waals surface area contributed by atoms with Gasteiger partial charge in [0, 0.05) is 0 Å². The number of hydrazine groups is 1. The van der Waals surface area contributed by atoms with E-state index in [0.29, 0.717) is 19.9 Å². The van der Waals surface area contributed by atoms with E-state index < -0.39 is 11.6 Å². The molecular formula is C12H14Cl2N2O3S. The van der Waals surface area contributed by atoms with Crippen LogP contribution in [0.2, 0.25) is 8.67 Å². The minimum Gasteiger partial charge on any atom is -0.459 e. The van der Waals surface area contributed by atoms with Crippen molar-refractivity contribution in [2.45, 2.75) is 26.4 Å². The quantitative estimate of drug-likeness (QED) is 0.841. The van der Waals surface area contributed by atoms with Crippen LogP contribution in [0.15, 0.2) is 0 Å². The highest BCUT2D eigenvalue weighted by molar-refractivity contribution is 7.21. The van der Waals surface area contributed by atoms with Gasteiger partial charge in [-0.3, -0.25) is 14.6 Å². The molecule has 1 N–H and O–H groups in total. The minimum absolute atomic E-state index is 0.0513. The zero-order chi connectivity index (χ0) is 15.1. The Balaban J connectivity index is 2.22. The number of anilines is 1. The third-order valence-electron chi connectivity index (χ3n) is 2.49. The van der Waals surface area contributed by atoms with Crippen molar-refractivity contribution in [1.29, 1.82) is 0 Å². The van der Waals surface area contributed by atoms with Crippen molar-refractivity contribution in [1.82, 2.24) is 5.43 Å². The number of carbonyl (C=O) groups is 2. The first-order chi connectivity index (χ1) is 9.19. The summed E-state index contributed by atoms with van der Waals surface area (Å²) in [5.74, 6) is -0.558. The number of fused-ring (bicyclic) bond motifs is 1. The second-order valence-corrected chi connectivity index (χ2v) is 7.53. The zero-order valence-electron chi connectivity index (χ0n) is 11.3. The molecule has 0 aliphatic carbocycles. The van der Waals surface area contributed by atoms with E-state index in [1.807, 2.05) is 0 Å². The smallest absolute Gasteiger partial charge is 0.327 e. The molecule has 5 nitrogen and oxygen atoms in total. The third-order valence-corrected chi connectivity index (χ3v) is 4.07. The number of ketones is 1. The molecule has 0 saturated carbocycles. The molecule has 110 valence electrons. The van der Waals surface area contributed by atoms with Crippen molar-refractivity contribution < 1.29 is 14.3 Å². The van der Waals surface area contributed by atoms with Gasteiger partial charge in [0.1, 0.15) is 20.8 Å². The lowest BCUT2D eigenvalue weighted by atomic mass is 10.1. The Hall–Kier alpha value is -0.820. The van der Waals surface area contributed by atoms with Gasteiger partial charge in [0.05, 0.1) is 17.8 Å². The first-order valence-corrected chi connectivity index (χ1v) is 7.50. The standard InChI is InChI=1S/C12H14Cl2N2O3S/c1-12(2,3)19-7(18)5-16-9-8(6(17)4-15-16)10(13)20-11(9)14/h15H,4-5H2,1-3H3. The summed E-state index contributed by atoms with van der Waals surface area (Å²) in [5, 5.41) is 1.51. The van der Waals surface area contributed by atoms with E-state index in [1.54, 1.807) is 20.8 Å². The Morgan fingerprint density at radius 3 is 2.65 bits per heavy atom. The van der Waals surface area contributed by atoms with Gasteiger partial charge in [0.15, 0.2) is 5.78 Å². The van der Waals surface area contributed by atoms with Gasteiger partial charge in [-0.1, -0.05) is 23.2 Å². The van der Waals surface area contributed by atoms with Crippen molar-refractivity contribution in [3.8, 4) is 0 Å². The van der Waals surface area contributed by atoms with Gasteiger partial charge < -0.3 is 4.74 Å². The van der Waals surface area contributed by atoms with Crippen LogP contribution in [0.3, 0.4) is 0 Å². The Morgan fingerprint density at radius 2 is 2.05 bits per heavy atom. The molecule has 1 aliphatic heterocycles. The zero-order valence-corrected chi connectivity index (χ0v) is 13.6. The number of hydrogen-bond donors (Lipinski definition) is 1. The molecule has 0 saturated heterocycles. The van der Waals surface area contributed by atoms with Gasteiger partial charge >= 0.3 is 5.97 Å². The molecule has 0 atom stereocenters. The number of nitrogens with one attached hydrogen (secondary N) is 1. The summed E-state index contributed by atoms with van der Waals surface area (Å²) in [6.45, 7) is 5.39. The van der Waals surface area contributed by atoms with Crippen molar-refractivity contribution in [3.05, 3.63) is 14.2 Å². The molecule has 0 bridgehead atoms. The summed E-state index contributed by atoms with van der Waals surface area (Å²) in [7, 11) is 0. The molecule has 0 radical (unpaired) electrons. The summed E-state index contributed by atoms with van der Waals surface area (Å²) in [4.78, 5) is 23.7. The molecule has 0 spiro atoms. The number of nitrogens with zero attached hydrogens (tertiary/aromatic N) is 1. The van der Waals surface area contributed by atoms with E-state index >= 15 is 0 Å². The lowest BCUT2D eigenvalue weighted by molar-refractivity contribution is -0.153. The fourth-order valence-electron chi connectivity index (χ4n) is 1.82. The third kappa shape index (κ3) is 3.25. The van der Waals surface area contributed by atoms with Gasteiger partial charge in [-0.25, -0.2) is 5.43 Å². The Morgan fingerprint density at radius 1 is 1.40 bits per heavy atom. The van der Waals surface area contributed by atoms with E-state index in [4.69, 9.17) is 27.9 Å². The monoisotopic (exact) mass is 336 g/mol. The van der Waals surface area contributed by atoms with Gasteiger partial charge in [-0.05, 0) is 20.8 Å². The highest BCUT2D eigenvalue weighted by Crippen LogP contribution is 2.43. The number of carbonyl (C=O) groups excluding carboxylic acids is 2. The lowest BCUT2D eigenvalue weighted by Gasteiger charge is -2.30. The van der Waals surface area contributed by atoms with Crippen LogP contribution in [0.4, 0.5) is 5.69 Å². The summed E-state index contributed by atoms with van der Waals surface area (Å²) >= 11 is 13.2. The summed E-state index contributed by atoms with van der Waals surface area (Å²) < 4.78 is 5.96. The average molecular weight is 337 g/mol. The number of hydrogen-bond acceptors (Lipinski definition) is 6. The van der Waals surface area contributed by atoms with E-state index in [2.05, 4.69) is 5.43 Å². The normalized spacial score (nSPS) is 15.2. The van der Waals surface area contributed by atoms with Crippen molar-refractivity contribution in [2.75, 3.05) is 18.1 Å². The van der Waals surface area contributed by atoms with Crippen LogP contribution >= 0.6 is 34.5 Å². The van der Waals surface area contributed by atoms with E-state index in [0.717, 1.165) is 11.3 Å². The Bertz CT molecular complexity index is 566. The summed E-state index contributed by atoms with van der Waals surface area (Å²) in [6.07, 6.45) is 0. The molecule has 1 aromatic heterocycles. The predicted octanol–water partition coefficient (Wildman–Crippen LogP) is 2.90. The number of Topliss-reactive ketones (excluding diaryl/α,β-unsaturated/α-hetero) is 1. The van der Waals surface area contributed by atoms with Crippen LogP contribution in [-0.2, 0) is 9.53 Å². The molecule has 1 aromatic rings. The van der Waals surface area contributed by atoms with Crippen molar-refractivity contribution in [2.24, 2.45) is 0 Å². The average Bonchev–Trinajstić information content (AvgIpc) is 2.57. The van der Waals surface area contributed by atoms with E-state index in [9.17, 15) is 9.59 Å². The molecular weight excluding hydrogens is 323 g/mol. The second-order valence-electron chi connectivity index (χ2n) is 5.30. The maximum atomic E-state index is 11.9. The fourth-order valence-corrected chi connectivity index (χ4v) is 3.58. The number of halogens is 2. The SMILES string of the molecule is CC(C)(C)OC(=O)CN1NCC(=O)c2c(Cl)sc(Cl)c21. The van der Waals surface area contributed by atoms with E-state index in [1.165, 1.54) is 5.01 Å². The van der Waals surface area contributed by atoms with Crippen LogP contribution < -0.4 is 10.4 Å². The maximum Gasteiger partial charge on any atom is 0.327 e. The van der Waals surface area contributed by atoms with Crippen LogP contribution in [0.5, 0.6) is 0 Å². The van der Waals surface area contributed by atoms with Crippen LogP contribution in [-0.4, -0.2) is 30.4 Å². The molecule has 1 aliphatic rings. The van der Waals surface area contributed by atoms with Crippen LogP contribution in [0.1, 0.15) is 31.1 Å². The number of esters is 1.